The summed E-state index contributed by atoms with van der Waals surface area (Å²) in [5.41, 5.74) is 1.00. The zero-order chi connectivity index (χ0) is 13.1. The number of benzene rings is 1. The van der Waals surface area contributed by atoms with Gasteiger partial charge in [-0.05, 0) is 23.8 Å². The third-order valence-electron chi connectivity index (χ3n) is 2.58. The van der Waals surface area contributed by atoms with Crippen LogP contribution in [0.15, 0.2) is 36.7 Å². The van der Waals surface area contributed by atoms with Crippen molar-refractivity contribution in [2.75, 3.05) is 0 Å². The lowest BCUT2D eigenvalue weighted by molar-refractivity contribution is 0.173. The standard InChI is InChI=1S/C13H10Cl2FNO/c14-10-2-1-8(5-11(10)15)6-13(18)9-3-4-17-7-12(9)16/h1-5,7,13,18H,6H2. The highest BCUT2D eigenvalue weighted by atomic mass is 35.5. The minimum Gasteiger partial charge on any atom is -0.388 e. The van der Waals surface area contributed by atoms with Gasteiger partial charge < -0.3 is 5.11 Å². The molecule has 1 N–H and O–H groups in total. The summed E-state index contributed by atoms with van der Waals surface area (Å²) in [6, 6.07) is 6.51. The van der Waals surface area contributed by atoms with Crippen molar-refractivity contribution >= 4 is 23.2 Å². The lowest BCUT2D eigenvalue weighted by Crippen LogP contribution is -2.04. The van der Waals surface area contributed by atoms with E-state index in [4.69, 9.17) is 23.2 Å². The van der Waals surface area contributed by atoms with Crippen LogP contribution in [0.5, 0.6) is 0 Å². The van der Waals surface area contributed by atoms with Gasteiger partial charge in [-0.3, -0.25) is 4.98 Å². The average Bonchev–Trinajstić information content (AvgIpc) is 2.34. The summed E-state index contributed by atoms with van der Waals surface area (Å²) < 4.78 is 13.4. The van der Waals surface area contributed by atoms with Gasteiger partial charge >= 0.3 is 0 Å². The molecule has 94 valence electrons. The molecule has 0 radical (unpaired) electrons. The van der Waals surface area contributed by atoms with E-state index in [1.54, 1.807) is 18.2 Å². The largest absolute Gasteiger partial charge is 0.388 e. The van der Waals surface area contributed by atoms with Crippen LogP contribution in [0.1, 0.15) is 17.2 Å². The number of aliphatic hydroxyl groups is 1. The molecule has 0 saturated carbocycles. The second-order valence-corrected chi connectivity index (χ2v) is 4.68. The van der Waals surface area contributed by atoms with Crippen molar-refractivity contribution < 1.29 is 9.50 Å². The minimum absolute atomic E-state index is 0.219. The number of aliphatic hydroxyl groups excluding tert-OH is 1. The molecule has 0 bridgehead atoms. The molecule has 0 fully saturated rings. The highest BCUT2D eigenvalue weighted by molar-refractivity contribution is 6.42. The molecular formula is C13H10Cl2FNO. The first-order valence-corrected chi connectivity index (χ1v) is 6.05. The third-order valence-corrected chi connectivity index (χ3v) is 3.31. The highest BCUT2D eigenvalue weighted by Gasteiger charge is 2.13. The summed E-state index contributed by atoms with van der Waals surface area (Å²) >= 11 is 11.7. The van der Waals surface area contributed by atoms with Crippen LogP contribution in [0.4, 0.5) is 4.39 Å². The van der Waals surface area contributed by atoms with Gasteiger partial charge in [0, 0.05) is 18.2 Å². The molecule has 2 rings (SSSR count). The maximum absolute atomic E-state index is 13.4. The lowest BCUT2D eigenvalue weighted by atomic mass is 10.0. The molecule has 2 aromatic rings. The maximum atomic E-state index is 13.4. The van der Waals surface area contributed by atoms with E-state index in [1.165, 1.54) is 12.3 Å². The first kappa shape index (κ1) is 13.3. The van der Waals surface area contributed by atoms with E-state index in [0.29, 0.717) is 10.0 Å². The lowest BCUT2D eigenvalue weighted by Gasteiger charge is -2.12. The Bertz CT molecular complexity index is 562. The minimum atomic E-state index is -0.940. The third kappa shape index (κ3) is 2.99. The fourth-order valence-corrected chi connectivity index (χ4v) is 1.98. The summed E-state index contributed by atoms with van der Waals surface area (Å²) in [6.45, 7) is 0. The topological polar surface area (TPSA) is 33.1 Å². The van der Waals surface area contributed by atoms with Gasteiger partial charge in [0.2, 0.25) is 0 Å². The molecule has 1 unspecified atom stereocenters. The maximum Gasteiger partial charge on any atom is 0.147 e. The van der Waals surface area contributed by atoms with E-state index in [1.807, 2.05) is 0 Å². The molecule has 2 nitrogen and oxygen atoms in total. The van der Waals surface area contributed by atoms with Gasteiger partial charge in [-0.2, -0.15) is 0 Å². The van der Waals surface area contributed by atoms with Gasteiger partial charge in [0.05, 0.1) is 22.3 Å². The van der Waals surface area contributed by atoms with Gasteiger partial charge in [-0.15, -0.1) is 0 Å². The van der Waals surface area contributed by atoms with Crippen LogP contribution in [-0.4, -0.2) is 10.1 Å². The Labute approximate surface area is 114 Å². The van der Waals surface area contributed by atoms with E-state index >= 15 is 0 Å². The molecule has 1 aromatic heterocycles. The first-order chi connectivity index (χ1) is 8.58. The zero-order valence-electron chi connectivity index (χ0n) is 9.28. The number of aromatic nitrogens is 1. The molecule has 0 saturated heterocycles. The Morgan fingerprint density at radius 1 is 1.22 bits per heavy atom. The molecular weight excluding hydrogens is 276 g/mol. The molecule has 18 heavy (non-hydrogen) atoms. The molecule has 0 aliphatic rings. The van der Waals surface area contributed by atoms with E-state index in [2.05, 4.69) is 4.98 Å². The normalized spacial score (nSPS) is 12.4. The van der Waals surface area contributed by atoms with Crippen molar-refractivity contribution in [1.82, 2.24) is 4.98 Å². The quantitative estimate of drug-likeness (QED) is 0.930. The van der Waals surface area contributed by atoms with Crippen LogP contribution in [0.2, 0.25) is 10.0 Å². The fourth-order valence-electron chi connectivity index (χ4n) is 1.66. The van der Waals surface area contributed by atoms with Crippen molar-refractivity contribution in [3.05, 3.63) is 63.6 Å². The summed E-state index contributed by atoms with van der Waals surface area (Å²) in [5.74, 6) is -0.523. The van der Waals surface area contributed by atoms with Crippen molar-refractivity contribution in [3.63, 3.8) is 0 Å². The molecule has 0 aliphatic carbocycles. The Hall–Kier alpha value is -1.16. The summed E-state index contributed by atoms with van der Waals surface area (Å²) in [7, 11) is 0. The summed E-state index contributed by atoms with van der Waals surface area (Å²) in [5, 5.41) is 10.8. The first-order valence-electron chi connectivity index (χ1n) is 5.29. The molecule has 1 heterocycles. The number of rotatable bonds is 3. The molecule has 0 spiro atoms. The molecule has 1 aromatic carbocycles. The zero-order valence-corrected chi connectivity index (χ0v) is 10.8. The Kier molecular flexibility index (Phi) is 4.17. The van der Waals surface area contributed by atoms with Gasteiger partial charge in [-0.25, -0.2) is 4.39 Å². The highest BCUT2D eigenvalue weighted by Crippen LogP contribution is 2.26. The van der Waals surface area contributed by atoms with Gasteiger partial charge in [0.15, 0.2) is 0 Å². The predicted molar refractivity (Wildman–Crippen MR) is 69.3 cm³/mol. The Morgan fingerprint density at radius 2 is 2.00 bits per heavy atom. The van der Waals surface area contributed by atoms with Crippen LogP contribution in [-0.2, 0) is 6.42 Å². The molecule has 0 aliphatic heterocycles. The number of hydrogen-bond donors (Lipinski definition) is 1. The van der Waals surface area contributed by atoms with Crippen molar-refractivity contribution in [3.8, 4) is 0 Å². The Balaban J connectivity index is 2.19. The number of nitrogens with zero attached hydrogens (tertiary/aromatic N) is 1. The molecule has 1 atom stereocenters. The summed E-state index contributed by atoms with van der Waals surface area (Å²) in [4.78, 5) is 3.64. The van der Waals surface area contributed by atoms with Crippen molar-refractivity contribution in [1.29, 1.82) is 0 Å². The van der Waals surface area contributed by atoms with Crippen molar-refractivity contribution in [2.45, 2.75) is 12.5 Å². The predicted octanol–water partition coefficient (Wildman–Crippen LogP) is 3.80. The number of halogens is 3. The van der Waals surface area contributed by atoms with Crippen LogP contribution in [0, 0.1) is 5.82 Å². The second-order valence-electron chi connectivity index (χ2n) is 3.87. The number of hydrogen-bond acceptors (Lipinski definition) is 2. The van der Waals surface area contributed by atoms with Crippen LogP contribution in [0.25, 0.3) is 0 Å². The molecule has 0 amide bonds. The average molecular weight is 286 g/mol. The summed E-state index contributed by atoms with van der Waals surface area (Å²) in [6.07, 6.45) is 1.84. The number of pyridine rings is 1. The van der Waals surface area contributed by atoms with Crippen LogP contribution < -0.4 is 0 Å². The van der Waals surface area contributed by atoms with Crippen LogP contribution >= 0.6 is 23.2 Å². The fraction of sp³-hybridized carbons (Fsp3) is 0.154. The SMILES string of the molecule is OC(Cc1ccc(Cl)c(Cl)c1)c1ccncc1F. The van der Waals surface area contributed by atoms with Crippen molar-refractivity contribution in [2.24, 2.45) is 0 Å². The van der Waals surface area contributed by atoms with Gasteiger partial charge in [0.1, 0.15) is 5.82 Å². The van der Waals surface area contributed by atoms with E-state index < -0.39 is 11.9 Å². The Morgan fingerprint density at radius 3 is 2.67 bits per heavy atom. The van der Waals surface area contributed by atoms with E-state index in [9.17, 15) is 9.50 Å². The van der Waals surface area contributed by atoms with Crippen LogP contribution in [0.3, 0.4) is 0 Å². The smallest absolute Gasteiger partial charge is 0.147 e. The van der Waals surface area contributed by atoms with Gasteiger partial charge in [0.25, 0.3) is 0 Å². The van der Waals surface area contributed by atoms with Gasteiger partial charge in [-0.1, -0.05) is 29.3 Å². The molecule has 5 heteroatoms. The monoisotopic (exact) mass is 285 g/mol. The van der Waals surface area contributed by atoms with E-state index in [0.717, 1.165) is 11.8 Å². The second kappa shape index (κ2) is 5.65. The van der Waals surface area contributed by atoms with E-state index in [-0.39, 0.29) is 12.0 Å².